The Balaban J connectivity index is 0.530. The van der Waals surface area contributed by atoms with Gasteiger partial charge < -0.3 is 153 Å². The number of benzene rings is 4. The number of aromatic nitrogens is 2. The first-order valence-corrected chi connectivity index (χ1v) is 48.5. The first-order chi connectivity index (χ1) is 69.4. The second kappa shape index (κ2) is 52.4. The maximum absolute atomic E-state index is 15.8. The van der Waals surface area contributed by atoms with Gasteiger partial charge in [-0.25, -0.2) is 23.8 Å². The summed E-state index contributed by atoms with van der Waals surface area (Å²) in [5.74, 6) is -6.35. The van der Waals surface area contributed by atoms with Crippen LogP contribution in [0.2, 0.25) is 0 Å². The number of hydrazine groups is 2. The van der Waals surface area contributed by atoms with Crippen LogP contribution in [0, 0.1) is 24.1 Å². The van der Waals surface area contributed by atoms with E-state index in [1.807, 2.05) is 48.5 Å². The van der Waals surface area contributed by atoms with Crippen LogP contribution >= 0.6 is 0 Å². The number of cyclic esters (lactones) is 1. The molecule has 2 aromatic heterocycles. The van der Waals surface area contributed by atoms with E-state index in [1.54, 1.807) is 30.8 Å². The van der Waals surface area contributed by atoms with Crippen LogP contribution in [0.15, 0.2) is 83.7 Å². The van der Waals surface area contributed by atoms with Crippen LogP contribution in [-0.2, 0) is 154 Å². The van der Waals surface area contributed by atoms with Crippen LogP contribution in [0.4, 0.5) is 14.9 Å². The number of amides is 7. The normalized spacial score (nSPS) is 19.6. The number of methoxy groups -OCH3 is 1. The molecule has 8 atom stereocenters. The SMILES string of the molecule is CC[C@@]1(O)C(=O)OCc2c1cc1n(c2=O)Cc2c-1nc1cc(F)c(C)c3c1c2[C@@H](NC(=O)OCc1ccc(O[C@@H]2O[C@H](C(=O)O)[C@@H](O)[C@H](O)[C@H]2O)c(CNC(=O)CCNC(=O)[C@H](CNC(=O)CCOCCOCCOCCOCCOCCOCCOCCOCCOCCOCCOCCOC)NC(=O)C2CC4(C2)CN(C(=O)CCCCC(=O)N2Cc5ccccc5C5=C(NNN5)c5ccccc52)C4)c1)CC3. The molecule has 1 spiro atoms. The number of aliphatic hydroxyl groups is 4. The number of anilines is 1. The standard InChI is InChI=1S/C99H129FN12O31/c1-4-99(127)70-48-76-84-68(55-112(76)93(122)69(70)57-140-96(99)125)83-72(19-18-65-60(2)71(100)49-73(104-84)82(65)83)106-97(126)141-56-61-17-20-77(142-95-89(119)87(117)88(118)90(143-95)94(123)124)63(47-61)52-102-78(113)21-23-101-92(121)74(53-103-79(114)22-24-129-27-28-131-31-32-133-35-36-135-39-40-137-43-44-139-46-45-138-42-41-136-38-37-134-34-33-132-30-29-130-26-25-128-3)105-91(120)64-50-98(51-64)58-110(59-98)80(115)15-9-10-16-81(116)111-54-62-11-5-6-12-66(62)85-86(108-109-107-85)67-13-7-8-14-75(67)111/h5-8,11-14,17,20,47-49,64,72,74,87-90,95,107-109,117-119,127H,4,9-10,15-16,18-19,21-46,50-59H2,1-3H3,(H,101,121)(H,102,113)(H,103,114)(H,105,120)(H,106,126)(H,123,124)/t72-,74-,87-,88-,89+,90-,95+,99-/m0/s1. The number of unbranched alkanes of at least 4 members (excludes halogenated alkanes) is 1. The van der Waals surface area contributed by atoms with E-state index in [-0.39, 0.29) is 160 Å². The number of esters is 1. The maximum atomic E-state index is 15.8. The zero-order valence-electron chi connectivity index (χ0n) is 80.5. The van der Waals surface area contributed by atoms with Gasteiger partial charge in [0.2, 0.25) is 41.7 Å². The molecule has 7 amide bonds. The molecule has 0 unspecified atom stereocenters. The number of hydrogen-bond donors (Lipinski definition) is 13. The van der Waals surface area contributed by atoms with Crippen molar-refractivity contribution in [2.24, 2.45) is 11.3 Å². The Kier molecular flexibility index (Phi) is 39.4. The summed E-state index contributed by atoms with van der Waals surface area (Å²) < 4.78 is 106. The summed E-state index contributed by atoms with van der Waals surface area (Å²) in [5.41, 5.74) is 15.1. The number of aliphatic carboxylic acids is 1. The number of carbonyl (C=O) groups excluding carboxylic acids is 8. The summed E-state index contributed by atoms with van der Waals surface area (Å²) >= 11 is 0. The predicted octanol–water partition coefficient (Wildman–Crippen LogP) is 2.44. The van der Waals surface area contributed by atoms with Gasteiger partial charge in [-0.15, -0.1) is 5.53 Å². The Morgan fingerprint density at radius 2 is 1.22 bits per heavy atom. The molecule has 43 nitrogen and oxygen atoms in total. The van der Waals surface area contributed by atoms with E-state index >= 15 is 4.39 Å². The molecule has 2 saturated heterocycles. The highest BCUT2D eigenvalue weighted by Gasteiger charge is 2.56. The Morgan fingerprint density at radius 3 is 1.83 bits per heavy atom. The predicted molar refractivity (Wildman–Crippen MR) is 505 cm³/mol. The van der Waals surface area contributed by atoms with Gasteiger partial charge in [0.05, 0.1) is 211 Å². The Labute approximate surface area is 824 Å². The molecular weight excluding hydrogens is 1870 g/mol. The number of fused-ring (bicyclic) bond motifs is 9. The lowest BCUT2D eigenvalue weighted by Gasteiger charge is -2.58. The molecule has 4 aromatic carbocycles. The fourth-order valence-electron chi connectivity index (χ4n) is 18.6. The summed E-state index contributed by atoms with van der Waals surface area (Å²) in [7, 11) is 1.62. The number of rotatable bonds is 58. The van der Waals surface area contributed by atoms with Gasteiger partial charge in [-0.1, -0.05) is 55.5 Å². The topological polar surface area (TPSA) is 540 Å². The second-order valence-corrected chi connectivity index (χ2v) is 35.9. The number of pyridine rings is 2. The molecular formula is C99H129FN12O31. The quantitative estimate of drug-likeness (QED) is 0.0192. The average molecular weight is 2000 g/mol. The molecule has 14 rings (SSSR count). The average Bonchev–Trinajstić information content (AvgIpc) is 1.56. The van der Waals surface area contributed by atoms with Crippen LogP contribution < -0.4 is 58.2 Å². The molecule has 0 bridgehead atoms. The molecule has 6 aliphatic heterocycles. The second-order valence-electron chi connectivity index (χ2n) is 35.9. The largest absolute Gasteiger partial charge is 0.479 e. The third-order valence-electron chi connectivity index (χ3n) is 26.3. The van der Waals surface area contributed by atoms with E-state index in [9.17, 15) is 73.5 Å². The molecule has 6 aromatic rings. The van der Waals surface area contributed by atoms with Gasteiger partial charge in [0.25, 0.3) is 5.56 Å². The van der Waals surface area contributed by atoms with Crippen molar-refractivity contribution < 1.29 is 149 Å². The molecule has 13 N–H and O–H groups in total. The van der Waals surface area contributed by atoms with Crippen LogP contribution in [0.5, 0.6) is 5.75 Å². The number of hydrogen-bond acceptors (Lipinski definition) is 34. The molecule has 8 aliphatic rings. The minimum absolute atomic E-state index is 0.0181. The van der Waals surface area contributed by atoms with Crippen molar-refractivity contribution in [2.45, 2.75) is 166 Å². The lowest BCUT2D eigenvalue weighted by Crippen LogP contribution is -2.66. The van der Waals surface area contributed by atoms with Gasteiger partial charge in [0.15, 0.2) is 11.7 Å². The smallest absolute Gasteiger partial charge is 0.407 e. The van der Waals surface area contributed by atoms with Gasteiger partial charge in [-0.3, -0.25) is 33.6 Å². The maximum Gasteiger partial charge on any atom is 0.407 e. The number of ether oxygens (including phenoxy) is 16. The highest BCUT2D eigenvalue weighted by molar-refractivity contribution is 6.02. The van der Waals surface area contributed by atoms with Crippen LogP contribution in [-0.4, -0.2) is 315 Å². The fourth-order valence-corrected chi connectivity index (χ4v) is 18.6. The van der Waals surface area contributed by atoms with Crippen molar-refractivity contribution in [3.05, 3.63) is 156 Å². The van der Waals surface area contributed by atoms with E-state index < -0.39 is 114 Å². The monoisotopic (exact) mass is 2000 g/mol. The number of nitrogens with zero attached hydrogens (tertiary/aromatic N) is 4. The highest BCUT2D eigenvalue weighted by atomic mass is 19.1. The van der Waals surface area contributed by atoms with Gasteiger partial charge in [0, 0.05) is 116 Å². The van der Waals surface area contributed by atoms with Gasteiger partial charge in [-0.05, 0) is 104 Å². The number of para-hydroxylation sites is 1. The molecule has 44 heteroatoms. The Bertz CT molecular complexity index is 5520. The van der Waals surface area contributed by atoms with Crippen molar-refractivity contribution in [3.63, 3.8) is 0 Å². The molecule has 0 radical (unpaired) electrons. The number of alkyl carbamates (subject to hydrolysis) is 1. The van der Waals surface area contributed by atoms with Crippen molar-refractivity contribution in [1.82, 2.24) is 57.4 Å². The molecule has 778 valence electrons. The number of aliphatic hydroxyl groups excluding tert-OH is 3. The number of aryl methyl sites for hydroxylation is 1. The van der Waals surface area contributed by atoms with E-state index in [2.05, 4.69) is 43.0 Å². The Hall–Kier alpha value is -11.4. The van der Waals surface area contributed by atoms with Crippen LogP contribution in [0.3, 0.4) is 0 Å². The molecule has 143 heavy (non-hydrogen) atoms. The zero-order valence-corrected chi connectivity index (χ0v) is 80.5. The zero-order chi connectivity index (χ0) is 101. The summed E-state index contributed by atoms with van der Waals surface area (Å²) in [5, 5.41) is 68.2. The van der Waals surface area contributed by atoms with E-state index in [0.29, 0.717) is 205 Å². The lowest BCUT2D eigenvalue weighted by molar-refractivity contribution is -0.271. The number of carbonyl (C=O) groups is 9. The van der Waals surface area contributed by atoms with E-state index in [1.165, 1.54) is 34.9 Å². The minimum Gasteiger partial charge on any atom is -0.479 e. The van der Waals surface area contributed by atoms with Gasteiger partial charge in [-0.2, -0.15) is 0 Å². The van der Waals surface area contributed by atoms with Crippen molar-refractivity contribution in [3.8, 4) is 17.1 Å². The van der Waals surface area contributed by atoms with Crippen molar-refractivity contribution in [1.29, 1.82) is 0 Å². The first kappa shape index (κ1) is 107. The molecule has 2 aliphatic carbocycles. The number of halogens is 1. The third kappa shape index (κ3) is 27.6. The molecule has 3 fully saturated rings. The number of carboxylic acid groups (broad SMARTS) is 1. The summed E-state index contributed by atoms with van der Waals surface area (Å²) in [6, 6.07) is 20.5. The van der Waals surface area contributed by atoms with Crippen molar-refractivity contribution in [2.75, 3.05) is 190 Å². The fraction of sp³-hybridized carbons (Fsp3) is 0.566. The Morgan fingerprint density at radius 1 is 0.636 bits per heavy atom. The van der Waals surface area contributed by atoms with Gasteiger partial charge in [0.1, 0.15) is 49.1 Å². The number of carboxylic acids is 1. The minimum atomic E-state index is -2.13. The third-order valence-corrected chi connectivity index (χ3v) is 26.3. The summed E-state index contributed by atoms with van der Waals surface area (Å²) in [6.07, 6.45) is -8.85. The van der Waals surface area contributed by atoms with Crippen LogP contribution in [0.1, 0.15) is 138 Å². The highest BCUT2D eigenvalue weighted by Crippen LogP contribution is 2.53. The van der Waals surface area contributed by atoms with E-state index in [4.69, 9.17) is 80.8 Å². The number of nitrogens with one attached hydrogen (secondary N) is 8. The first-order valence-electron chi connectivity index (χ1n) is 48.5. The lowest BCUT2D eigenvalue weighted by atomic mass is 9.57. The van der Waals surface area contributed by atoms with Gasteiger partial charge >= 0.3 is 18.0 Å². The molecule has 1 saturated carbocycles. The summed E-state index contributed by atoms with van der Waals surface area (Å²) in [4.78, 5) is 146. The summed E-state index contributed by atoms with van der Waals surface area (Å²) in [6.45, 7) is 11.3. The van der Waals surface area contributed by atoms with E-state index in [0.717, 1.165) is 33.8 Å². The van der Waals surface area contributed by atoms with Crippen LogP contribution in [0.25, 0.3) is 33.7 Å². The molecule has 8 heterocycles. The van der Waals surface area contributed by atoms with Crippen molar-refractivity contribution >= 4 is 81.5 Å². The number of likely N-dealkylation sites (tertiary alicyclic amines) is 1.